The molecule has 10 heteroatoms. The highest BCUT2D eigenvalue weighted by molar-refractivity contribution is 6.77. The minimum Gasteiger partial charge on any atom is -0.416 e. The lowest BCUT2D eigenvalue weighted by Crippen LogP contribution is -2.47. The summed E-state index contributed by atoms with van der Waals surface area (Å²) in [6.07, 6.45) is 4.72. The number of halogens is 1. The Hall–Kier alpha value is -0.681. The molecule has 0 aliphatic carbocycles. The Balaban J connectivity index is 1.86. The zero-order valence-electron chi connectivity index (χ0n) is 28.8. The van der Waals surface area contributed by atoms with E-state index in [0.717, 1.165) is 65.5 Å². The fourth-order valence-corrected chi connectivity index (χ4v) is 13.1. The first-order valence-electron chi connectivity index (χ1n) is 16.1. The van der Waals surface area contributed by atoms with Gasteiger partial charge in [-0.3, -0.25) is 0 Å². The van der Waals surface area contributed by atoms with E-state index in [9.17, 15) is 0 Å². The predicted molar refractivity (Wildman–Crippen MR) is 185 cm³/mol. The molecule has 3 rings (SSSR count). The third kappa shape index (κ3) is 7.75. The van der Waals surface area contributed by atoms with Crippen molar-refractivity contribution in [2.45, 2.75) is 149 Å². The Labute approximate surface area is 263 Å². The summed E-state index contributed by atoms with van der Waals surface area (Å²) in [7, 11) is -3.56. The first kappa shape index (κ1) is 35.8. The van der Waals surface area contributed by atoms with E-state index in [-0.39, 0.29) is 0 Å². The lowest BCUT2D eigenvalue weighted by atomic mass is 9.73. The van der Waals surface area contributed by atoms with Gasteiger partial charge in [0.2, 0.25) is 0 Å². The van der Waals surface area contributed by atoms with Crippen LogP contribution in [0.25, 0.3) is 10.9 Å². The number of fused-ring (bicyclic) bond motifs is 1. The van der Waals surface area contributed by atoms with Gasteiger partial charge in [-0.05, 0) is 86.7 Å². The maximum atomic E-state index is 7.08. The maximum Gasteiger partial charge on any atom is 0.495 e. The molecule has 0 unspecified atom stereocenters. The monoisotopic (exact) mass is 636 g/mol. The molecule has 2 aromatic rings. The van der Waals surface area contributed by atoms with Crippen molar-refractivity contribution >= 4 is 51.5 Å². The van der Waals surface area contributed by atoms with E-state index in [1.807, 2.05) is 16.9 Å². The van der Waals surface area contributed by atoms with E-state index >= 15 is 0 Å². The van der Waals surface area contributed by atoms with Gasteiger partial charge in [0.1, 0.15) is 6.73 Å². The molecule has 0 amide bonds. The largest absolute Gasteiger partial charge is 0.495 e. The molecule has 1 fully saturated rings. The van der Waals surface area contributed by atoms with Crippen molar-refractivity contribution in [3.05, 3.63) is 22.8 Å². The van der Waals surface area contributed by atoms with Crippen molar-refractivity contribution < 1.29 is 18.5 Å². The molecule has 1 aliphatic heterocycles. The van der Waals surface area contributed by atoms with Crippen LogP contribution in [0.15, 0.2) is 12.3 Å². The molecule has 0 radical (unpaired) electrons. The summed E-state index contributed by atoms with van der Waals surface area (Å²) in [5.74, 6) is 0. The van der Waals surface area contributed by atoms with Crippen molar-refractivity contribution in [2.75, 3.05) is 13.2 Å². The fraction of sp³-hybridized carbons (Fsp3) is 0.781. The number of unbranched alkanes of at least 4 members (excludes halogenated alkanes) is 1. The third-order valence-corrected chi connectivity index (χ3v) is 17.8. The molecule has 6 nitrogen and oxygen atoms in total. The number of hydrogen-bond acceptors (Lipinski definition) is 5. The molecule has 42 heavy (non-hydrogen) atoms. The number of hydrogen-bond donors (Lipinski definition) is 0. The van der Waals surface area contributed by atoms with Gasteiger partial charge in [-0.15, -0.1) is 0 Å². The second-order valence-electron chi connectivity index (χ2n) is 15.4. The van der Waals surface area contributed by atoms with Crippen LogP contribution in [0, 0.1) is 0 Å². The summed E-state index contributed by atoms with van der Waals surface area (Å²) in [6.45, 7) is 31.4. The molecular formula is C32H58BClN2O4Si2. The summed E-state index contributed by atoms with van der Waals surface area (Å²) in [4.78, 5) is 0. The van der Waals surface area contributed by atoms with Crippen LogP contribution in [-0.2, 0) is 31.6 Å². The van der Waals surface area contributed by atoms with Gasteiger partial charge in [0.25, 0.3) is 0 Å². The van der Waals surface area contributed by atoms with E-state index < -0.39 is 34.7 Å². The molecule has 1 saturated heterocycles. The number of ether oxygens (including phenoxy) is 1. The van der Waals surface area contributed by atoms with E-state index in [1.54, 1.807) is 0 Å². The molecule has 0 spiro atoms. The van der Waals surface area contributed by atoms with Crippen molar-refractivity contribution in [1.82, 2.24) is 9.78 Å². The smallest absolute Gasteiger partial charge is 0.416 e. The van der Waals surface area contributed by atoms with Crippen LogP contribution in [0.4, 0.5) is 0 Å². The Morgan fingerprint density at radius 2 is 1.50 bits per heavy atom. The van der Waals surface area contributed by atoms with E-state index in [4.69, 9.17) is 35.2 Å². The molecule has 0 N–H and O–H groups in total. The minimum absolute atomic E-state index is 0.400. The van der Waals surface area contributed by atoms with Crippen LogP contribution >= 0.6 is 11.6 Å². The highest BCUT2D eigenvalue weighted by atomic mass is 35.5. The number of nitrogens with zero attached hydrogens (tertiary/aromatic N) is 2. The summed E-state index contributed by atoms with van der Waals surface area (Å²) in [5.41, 5.74) is 3.88. The molecule has 0 atom stereocenters. The van der Waals surface area contributed by atoms with Crippen LogP contribution in [0.1, 0.15) is 87.6 Å². The van der Waals surface area contributed by atoms with Crippen LogP contribution in [0.5, 0.6) is 0 Å². The molecule has 1 aromatic heterocycles. The normalized spacial score (nSPS) is 17.5. The van der Waals surface area contributed by atoms with Crippen molar-refractivity contribution in [1.29, 1.82) is 0 Å². The highest BCUT2D eigenvalue weighted by Gasteiger charge is 2.53. The Kier molecular flexibility index (Phi) is 11.7. The minimum atomic E-state index is -1.88. The van der Waals surface area contributed by atoms with Gasteiger partial charge in [-0.1, -0.05) is 72.8 Å². The number of benzene rings is 1. The van der Waals surface area contributed by atoms with Crippen LogP contribution in [0.2, 0.25) is 47.3 Å². The van der Waals surface area contributed by atoms with Crippen LogP contribution in [-0.4, -0.2) is 57.7 Å². The van der Waals surface area contributed by atoms with E-state index in [0.29, 0.717) is 23.4 Å². The topological polar surface area (TPSA) is 54.7 Å². The predicted octanol–water partition coefficient (Wildman–Crippen LogP) is 8.82. The summed E-state index contributed by atoms with van der Waals surface area (Å²) >= 11 is 7.08. The Morgan fingerprint density at radius 1 is 0.929 bits per heavy atom. The average molecular weight is 637 g/mol. The second-order valence-corrected chi connectivity index (χ2v) is 26.9. The molecule has 0 saturated carbocycles. The second kappa shape index (κ2) is 13.8. The number of aromatic nitrogens is 2. The van der Waals surface area contributed by atoms with Crippen LogP contribution < -0.4 is 5.46 Å². The SMILES string of the molecule is CC(C)[Si](OCCCCc1c(Cl)cc2c(cnn2COCC[Si](C)(C)C)c1B1OC(C)(C)C(C)(C)O1)(C(C)C)C(C)C. The quantitative estimate of drug-likeness (QED) is 0.144. The van der Waals surface area contributed by atoms with Crippen molar-refractivity contribution in [3.8, 4) is 0 Å². The standard InChI is InChI=1S/C32H58BClN2O4Si2/c1-23(2)42(24(3)4,25(5)6)38-17-15-14-16-26-28(34)20-29-27(21-35-36(29)22-37-18-19-41(11,12)13)30(26)33-39-31(7,8)32(9,10)40-33/h20-21,23-25H,14-19,22H2,1-13H3. The Bertz CT molecular complexity index is 1160. The molecular weight excluding hydrogens is 579 g/mol. The lowest BCUT2D eigenvalue weighted by molar-refractivity contribution is 0.00578. The zero-order chi connectivity index (χ0) is 31.7. The molecule has 0 bridgehead atoms. The summed E-state index contributed by atoms with van der Waals surface area (Å²) in [5, 5.41) is 6.47. The lowest BCUT2D eigenvalue weighted by Gasteiger charge is -2.42. The van der Waals surface area contributed by atoms with Gasteiger partial charge in [0, 0.05) is 31.7 Å². The molecule has 1 aromatic carbocycles. The van der Waals surface area contributed by atoms with E-state index in [1.165, 1.54) is 0 Å². The maximum absolute atomic E-state index is 7.08. The van der Waals surface area contributed by atoms with Gasteiger partial charge in [0.05, 0.1) is 22.9 Å². The zero-order valence-corrected chi connectivity index (χ0v) is 31.6. The first-order valence-corrected chi connectivity index (χ1v) is 22.3. The molecule has 2 heterocycles. The summed E-state index contributed by atoms with van der Waals surface area (Å²) in [6, 6.07) is 3.16. The van der Waals surface area contributed by atoms with Gasteiger partial charge in [-0.2, -0.15) is 5.10 Å². The van der Waals surface area contributed by atoms with Crippen molar-refractivity contribution in [3.63, 3.8) is 0 Å². The first-order chi connectivity index (χ1) is 19.3. The number of rotatable bonds is 15. The van der Waals surface area contributed by atoms with Gasteiger partial charge < -0.3 is 18.5 Å². The van der Waals surface area contributed by atoms with Gasteiger partial charge >= 0.3 is 7.12 Å². The van der Waals surface area contributed by atoms with Gasteiger partial charge in [0.15, 0.2) is 8.32 Å². The average Bonchev–Trinajstić information content (AvgIpc) is 3.33. The highest BCUT2D eigenvalue weighted by Crippen LogP contribution is 2.42. The fourth-order valence-electron chi connectivity index (χ4n) is 6.52. The molecule has 1 aliphatic rings. The molecule has 238 valence electrons. The van der Waals surface area contributed by atoms with Crippen LogP contribution in [0.3, 0.4) is 0 Å². The Morgan fingerprint density at radius 3 is 2.02 bits per heavy atom. The third-order valence-electron chi connectivity index (χ3n) is 9.63. The van der Waals surface area contributed by atoms with E-state index in [2.05, 4.69) is 88.9 Å². The van der Waals surface area contributed by atoms with Crippen molar-refractivity contribution in [2.24, 2.45) is 0 Å². The van der Waals surface area contributed by atoms with Gasteiger partial charge in [-0.25, -0.2) is 4.68 Å². The summed E-state index contributed by atoms with van der Waals surface area (Å²) < 4.78 is 28.0.